The Kier molecular flexibility index (Phi) is 5.65. The summed E-state index contributed by atoms with van der Waals surface area (Å²) in [6.45, 7) is 4.76. The van der Waals surface area contributed by atoms with Crippen LogP contribution in [0.25, 0.3) is 0 Å². The Morgan fingerprint density at radius 1 is 1.55 bits per heavy atom. The molecule has 11 heavy (non-hydrogen) atoms. The van der Waals surface area contributed by atoms with Crippen molar-refractivity contribution in [3.63, 3.8) is 0 Å². The molecular formula is C7H17NO2P+. The van der Waals surface area contributed by atoms with Crippen molar-refractivity contribution in [1.29, 1.82) is 0 Å². The van der Waals surface area contributed by atoms with Crippen LogP contribution in [-0.4, -0.2) is 25.4 Å². The van der Waals surface area contributed by atoms with E-state index in [1.165, 1.54) is 0 Å². The van der Waals surface area contributed by atoms with Crippen molar-refractivity contribution in [3.8, 4) is 0 Å². The van der Waals surface area contributed by atoms with E-state index < -0.39 is 8.18 Å². The monoisotopic (exact) mass is 178 g/mol. The van der Waals surface area contributed by atoms with E-state index in [4.69, 9.17) is 4.52 Å². The molecule has 0 amide bonds. The molecule has 2 atom stereocenters. The molecule has 0 radical (unpaired) electrons. The summed E-state index contributed by atoms with van der Waals surface area (Å²) < 4.78 is 17.7. The van der Waals surface area contributed by atoms with E-state index in [-0.39, 0.29) is 0 Å². The van der Waals surface area contributed by atoms with Gasteiger partial charge in [-0.25, -0.2) is 0 Å². The van der Waals surface area contributed by atoms with Crippen LogP contribution in [-0.2, 0) is 9.09 Å². The number of hydrogen-bond acceptors (Lipinski definition) is 2. The van der Waals surface area contributed by atoms with Crippen molar-refractivity contribution < 1.29 is 9.09 Å². The second kappa shape index (κ2) is 5.64. The van der Waals surface area contributed by atoms with Crippen molar-refractivity contribution in [2.24, 2.45) is 5.92 Å². The van der Waals surface area contributed by atoms with Gasteiger partial charge >= 0.3 is 8.18 Å². The molecule has 0 rings (SSSR count). The molecule has 0 bridgehead atoms. The first-order chi connectivity index (χ1) is 5.07. The van der Waals surface area contributed by atoms with Gasteiger partial charge in [-0.1, -0.05) is 24.9 Å². The molecule has 66 valence electrons. The molecule has 0 aliphatic rings. The van der Waals surface area contributed by atoms with Gasteiger partial charge in [0.05, 0.1) is 0 Å². The van der Waals surface area contributed by atoms with E-state index >= 15 is 0 Å². The lowest BCUT2D eigenvalue weighted by atomic mass is 10.1. The highest BCUT2D eigenvalue weighted by Crippen LogP contribution is 2.25. The standard InChI is InChI=1S/C7H17NO2P/c1-5-7(2)6-10-11(9)8(3)4/h7H,5-6H2,1-4H3/q+1/t7-/m0/s1. The summed E-state index contributed by atoms with van der Waals surface area (Å²) in [4.78, 5) is 0. The maximum atomic E-state index is 11.0. The molecule has 3 nitrogen and oxygen atoms in total. The Labute approximate surface area is 69.6 Å². The topological polar surface area (TPSA) is 29.5 Å². The summed E-state index contributed by atoms with van der Waals surface area (Å²) in [5.74, 6) is 0.494. The van der Waals surface area contributed by atoms with Gasteiger partial charge in [0, 0.05) is 14.1 Å². The maximum Gasteiger partial charge on any atom is 0.615 e. The average molecular weight is 178 g/mol. The molecular weight excluding hydrogens is 161 g/mol. The lowest BCUT2D eigenvalue weighted by Crippen LogP contribution is -2.06. The fourth-order valence-electron chi connectivity index (χ4n) is 0.424. The number of nitrogens with zero attached hydrogens (tertiary/aromatic N) is 1. The van der Waals surface area contributed by atoms with Crippen LogP contribution in [0.4, 0.5) is 0 Å². The number of rotatable bonds is 5. The van der Waals surface area contributed by atoms with Crippen molar-refractivity contribution in [2.45, 2.75) is 20.3 Å². The molecule has 0 aliphatic heterocycles. The zero-order chi connectivity index (χ0) is 8.85. The van der Waals surface area contributed by atoms with E-state index in [0.29, 0.717) is 12.5 Å². The van der Waals surface area contributed by atoms with Crippen LogP contribution in [0.2, 0.25) is 0 Å². The first-order valence-electron chi connectivity index (χ1n) is 3.85. The van der Waals surface area contributed by atoms with Gasteiger partial charge < -0.3 is 0 Å². The average Bonchev–Trinajstić information content (AvgIpc) is 1.99. The highest BCUT2D eigenvalue weighted by atomic mass is 31.1. The third kappa shape index (κ3) is 5.31. The minimum atomic E-state index is -1.59. The normalized spacial score (nSPS) is 15.2. The van der Waals surface area contributed by atoms with Crippen LogP contribution < -0.4 is 0 Å². The summed E-state index contributed by atoms with van der Waals surface area (Å²) >= 11 is 0. The zero-order valence-corrected chi connectivity index (χ0v) is 8.60. The Morgan fingerprint density at radius 3 is 2.45 bits per heavy atom. The maximum absolute atomic E-state index is 11.0. The number of hydrogen-bond donors (Lipinski definition) is 0. The van der Waals surface area contributed by atoms with Crippen LogP contribution in [0.3, 0.4) is 0 Å². The Hall–Kier alpha value is 0.0200. The van der Waals surface area contributed by atoms with Crippen LogP contribution in [0.5, 0.6) is 0 Å². The molecule has 0 N–H and O–H groups in total. The van der Waals surface area contributed by atoms with Gasteiger partial charge in [-0.05, 0) is 10.5 Å². The summed E-state index contributed by atoms with van der Waals surface area (Å²) in [5, 5.41) is 0. The van der Waals surface area contributed by atoms with Crippen molar-refractivity contribution in [3.05, 3.63) is 0 Å². The highest BCUT2D eigenvalue weighted by Gasteiger charge is 2.22. The van der Waals surface area contributed by atoms with Crippen LogP contribution in [0.15, 0.2) is 0 Å². The van der Waals surface area contributed by atoms with E-state index in [1.807, 2.05) is 0 Å². The first-order valence-corrected chi connectivity index (χ1v) is 4.98. The predicted molar refractivity (Wildman–Crippen MR) is 46.7 cm³/mol. The lowest BCUT2D eigenvalue weighted by Gasteiger charge is -2.02. The summed E-state index contributed by atoms with van der Waals surface area (Å²) in [5.41, 5.74) is 0. The Bertz CT molecular complexity index is 128. The molecule has 0 saturated heterocycles. The van der Waals surface area contributed by atoms with E-state index in [2.05, 4.69) is 13.8 Å². The molecule has 4 heteroatoms. The van der Waals surface area contributed by atoms with Gasteiger partial charge in [-0.2, -0.15) is 0 Å². The minimum absolute atomic E-state index is 0.494. The molecule has 0 aromatic carbocycles. The molecule has 0 saturated carbocycles. The second-order valence-electron chi connectivity index (χ2n) is 2.89. The highest BCUT2D eigenvalue weighted by molar-refractivity contribution is 7.36. The van der Waals surface area contributed by atoms with Crippen LogP contribution in [0.1, 0.15) is 20.3 Å². The molecule has 1 unspecified atom stereocenters. The molecule has 0 fully saturated rings. The SMILES string of the molecule is CC[C@H](C)CO[P+](=O)N(C)C. The smallest absolute Gasteiger partial charge is 0.129 e. The lowest BCUT2D eigenvalue weighted by molar-refractivity contribution is 0.250. The molecule has 0 aliphatic carbocycles. The zero-order valence-electron chi connectivity index (χ0n) is 7.70. The quantitative estimate of drug-likeness (QED) is 0.605. The Morgan fingerprint density at radius 2 is 2.09 bits per heavy atom. The largest absolute Gasteiger partial charge is 0.615 e. The third-order valence-electron chi connectivity index (χ3n) is 1.49. The second-order valence-corrected chi connectivity index (χ2v) is 4.43. The van der Waals surface area contributed by atoms with Gasteiger partial charge in [-0.15, -0.1) is 4.52 Å². The fourth-order valence-corrected chi connectivity index (χ4v) is 1.04. The minimum Gasteiger partial charge on any atom is -0.129 e. The van der Waals surface area contributed by atoms with Gasteiger partial charge in [0.2, 0.25) is 0 Å². The van der Waals surface area contributed by atoms with Crippen molar-refractivity contribution in [1.82, 2.24) is 4.67 Å². The molecule has 0 heterocycles. The Balaban J connectivity index is 3.46. The molecule has 0 aromatic heterocycles. The summed E-state index contributed by atoms with van der Waals surface area (Å²) in [6, 6.07) is 0. The van der Waals surface area contributed by atoms with E-state index in [9.17, 15) is 4.57 Å². The fraction of sp³-hybridized carbons (Fsp3) is 1.00. The van der Waals surface area contributed by atoms with Gasteiger partial charge in [0.15, 0.2) is 0 Å². The van der Waals surface area contributed by atoms with E-state index in [1.54, 1.807) is 18.8 Å². The van der Waals surface area contributed by atoms with Crippen LogP contribution >= 0.6 is 8.18 Å². The third-order valence-corrected chi connectivity index (χ3v) is 2.52. The van der Waals surface area contributed by atoms with Crippen molar-refractivity contribution >= 4 is 8.18 Å². The van der Waals surface area contributed by atoms with Crippen molar-refractivity contribution in [2.75, 3.05) is 20.7 Å². The predicted octanol–water partition coefficient (Wildman–Crippen LogP) is 2.27. The van der Waals surface area contributed by atoms with Gasteiger partial charge in [-0.3, -0.25) is 0 Å². The van der Waals surface area contributed by atoms with Gasteiger partial charge in [0.25, 0.3) is 0 Å². The van der Waals surface area contributed by atoms with Gasteiger partial charge in [0.1, 0.15) is 6.61 Å². The summed E-state index contributed by atoms with van der Waals surface area (Å²) in [7, 11) is 1.90. The van der Waals surface area contributed by atoms with Crippen LogP contribution in [0, 0.1) is 5.92 Å². The first kappa shape index (κ1) is 11.0. The van der Waals surface area contributed by atoms with E-state index in [0.717, 1.165) is 6.42 Å². The summed E-state index contributed by atoms with van der Waals surface area (Å²) in [6.07, 6.45) is 1.07. The molecule has 0 spiro atoms. The molecule has 0 aromatic rings.